The van der Waals surface area contributed by atoms with Crippen molar-refractivity contribution in [3.63, 3.8) is 0 Å². The second kappa shape index (κ2) is 7.49. The molecule has 2 heterocycles. The highest BCUT2D eigenvalue weighted by Crippen LogP contribution is 2.38. The maximum atomic E-state index is 13.4. The standard InChI is InChI=1S/C23H17N3O5/c27-23-17-6-2-3-7-18(17)24-22(12-9-15-5-1-4-8-19(15)26(28)29)25(23)16-10-11-20-21(13-16)31-14-30-20/h1-13,22,24H,14H2/b12-9+/t22-/m1/s1. The summed E-state index contributed by atoms with van der Waals surface area (Å²) in [5.41, 5.74) is 2.30. The van der Waals surface area contributed by atoms with E-state index in [-0.39, 0.29) is 18.4 Å². The van der Waals surface area contributed by atoms with Crippen molar-refractivity contribution in [1.29, 1.82) is 0 Å². The van der Waals surface area contributed by atoms with E-state index in [1.54, 1.807) is 65.6 Å². The van der Waals surface area contributed by atoms with E-state index in [1.165, 1.54) is 6.07 Å². The van der Waals surface area contributed by atoms with Crippen LogP contribution in [0.25, 0.3) is 6.08 Å². The van der Waals surface area contributed by atoms with Gasteiger partial charge in [0.2, 0.25) is 6.79 Å². The molecule has 31 heavy (non-hydrogen) atoms. The largest absolute Gasteiger partial charge is 0.454 e. The van der Waals surface area contributed by atoms with E-state index >= 15 is 0 Å². The maximum Gasteiger partial charge on any atom is 0.276 e. The number of nitrogens with one attached hydrogen (secondary N) is 1. The quantitative estimate of drug-likeness (QED) is 0.500. The predicted molar refractivity (Wildman–Crippen MR) is 115 cm³/mol. The fourth-order valence-corrected chi connectivity index (χ4v) is 3.71. The number of ether oxygens (including phenoxy) is 2. The van der Waals surface area contributed by atoms with Crippen molar-refractivity contribution < 1.29 is 19.2 Å². The van der Waals surface area contributed by atoms with Crippen LogP contribution in [0.4, 0.5) is 17.1 Å². The molecule has 1 N–H and O–H groups in total. The monoisotopic (exact) mass is 415 g/mol. The highest BCUT2D eigenvalue weighted by molar-refractivity contribution is 6.12. The first-order chi connectivity index (χ1) is 15.1. The fraction of sp³-hybridized carbons (Fsp3) is 0.0870. The Kier molecular flexibility index (Phi) is 4.51. The van der Waals surface area contributed by atoms with E-state index in [9.17, 15) is 14.9 Å². The molecule has 2 aliphatic heterocycles. The molecule has 5 rings (SSSR count). The summed E-state index contributed by atoms with van der Waals surface area (Å²) >= 11 is 0. The molecule has 0 aromatic heterocycles. The molecule has 154 valence electrons. The van der Waals surface area contributed by atoms with Crippen molar-refractivity contribution in [2.75, 3.05) is 17.0 Å². The number of hydrogen-bond donors (Lipinski definition) is 1. The van der Waals surface area contributed by atoms with Gasteiger partial charge in [0.15, 0.2) is 11.5 Å². The number of hydrogen-bond acceptors (Lipinski definition) is 6. The Balaban J connectivity index is 1.57. The number of carbonyl (C=O) groups excluding carboxylic acids is 1. The zero-order chi connectivity index (χ0) is 21.4. The molecule has 1 atom stereocenters. The minimum atomic E-state index is -0.567. The molecule has 0 fully saturated rings. The van der Waals surface area contributed by atoms with Gasteiger partial charge in [-0.2, -0.15) is 0 Å². The number of anilines is 2. The molecule has 0 saturated carbocycles. The van der Waals surface area contributed by atoms with Crippen molar-refractivity contribution in [3.8, 4) is 11.5 Å². The molecule has 0 aliphatic carbocycles. The molecule has 2 aliphatic rings. The molecular weight excluding hydrogens is 398 g/mol. The number of nitrogens with zero attached hydrogens (tertiary/aromatic N) is 2. The van der Waals surface area contributed by atoms with Gasteiger partial charge in [-0.25, -0.2) is 0 Å². The Bertz CT molecular complexity index is 1220. The minimum Gasteiger partial charge on any atom is -0.454 e. The lowest BCUT2D eigenvalue weighted by Gasteiger charge is -2.36. The van der Waals surface area contributed by atoms with E-state index in [1.807, 2.05) is 12.1 Å². The van der Waals surface area contributed by atoms with Crippen LogP contribution in [0.1, 0.15) is 15.9 Å². The number of nitro benzene ring substituents is 1. The maximum absolute atomic E-state index is 13.4. The van der Waals surface area contributed by atoms with Crippen LogP contribution < -0.4 is 19.7 Å². The number of para-hydroxylation sites is 2. The third-order valence-corrected chi connectivity index (χ3v) is 5.18. The summed E-state index contributed by atoms with van der Waals surface area (Å²) in [5.74, 6) is 0.990. The van der Waals surface area contributed by atoms with Crippen LogP contribution in [-0.4, -0.2) is 23.8 Å². The Hall–Kier alpha value is -4.33. The number of rotatable bonds is 4. The Morgan fingerprint density at radius 2 is 1.81 bits per heavy atom. The average molecular weight is 415 g/mol. The van der Waals surface area contributed by atoms with Gasteiger partial charge in [0.1, 0.15) is 6.17 Å². The van der Waals surface area contributed by atoms with Crippen LogP contribution in [0.3, 0.4) is 0 Å². The molecule has 1 amide bonds. The highest BCUT2D eigenvalue weighted by Gasteiger charge is 2.32. The van der Waals surface area contributed by atoms with Crippen molar-refractivity contribution in [3.05, 3.63) is 94.0 Å². The molecular formula is C23H17N3O5. The lowest BCUT2D eigenvalue weighted by molar-refractivity contribution is -0.385. The topological polar surface area (TPSA) is 93.9 Å². The van der Waals surface area contributed by atoms with Crippen LogP contribution in [0.2, 0.25) is 0 Å². The number of amides is 1. The molecule has 0 spiro atoms. The van der Waals surface area contributed by atoms with Gasteiger partial charge < -0.3 is 14.8 Å². The molecule has 8 heteroatoms. The van der Waals surface area contributed by atoms with E-state index in [0.29, 0.717) is 34.0 Å². The van der Waals surface area contributed by atoms with Gasteiger partial charge in [0, 0.05) is 17.8 Å². The zero-order valence-corrected chi connectivity index (χ0v) is 16.2. The Labute approximate surface area is 177 Å². The van der Waals surface area contributed by atoms with Crippen LogP contribution in [-0.2, 0) is 0 Å². The molecule has 3 aromatic rings. The lowest BCUT2D eigenvalue weighted by Crippen LogP contribution is -2.48. The summed E-state index contributed by atoms with van der Waals surface area (Å²) in [6.07, 6.45) is 2.82. The average Bonchev–Trinajstić information content (AvgIpc) is 3.26. The van der Waals surface area contributed by atoms with Gasteiger partial charge >= 0.3 is 0 Å². The van der Waals surface area contributed by atoms with E-state index < -0.39 is 11.1 Å². The summed E-state index contributed by atoms with van der Waals surface area (Å²) in [6.45, 7) is 0.134. The number of benzene rings is 3. The third kappa shape index (κ3) is 3.33. The van der Waals surface area contributed by atoms with Crippen molar-refractivity contribution in [2.45, 2.75) is 6.17 Å². The van der Waals surface area contributed by atoms with Crippen LogP contribution in [0.15, 0.2) is 72.8 Å². The number of nitro groups is 1. The van der Waals surface area contributed by atoms with Crippen LogP contribution >= 0.6 is 0 Å². The van der Waals surface area contributed by atoms with Gasteiger partial charge in [0.25, 0.3) is 11.6 Å². The SMILES string of the molecule is O=C1c2ccccc2N[C@@H](/C=C/c2ccccc2[N+](=O)[O-])N1c1ccc2c(c1)OCO2. The first kappa shape index (κ1) is 18.7. The lowest BCUT2D eigenvalue weighted by atomic mass is 10.1. The Morgan fingerprint density at radius 3 is 2.68 bits per heavy atom. The molecule has 0 bridgehead atoms. The Morgan fingerprint density at radius 1 is 1.03 bits per heavy atom. The van der Waals surface area contributed by atoms with Gasteiger partial charge in [-0.15, -0.1) is 0 Å². The van der Waals surface area contributed by atoms with Crippen molar-refractivity contribution >= 4 is 29.0 Å². The first-order valence-corrected chi connectivity index (χ1v) is 9.62. The van der Waals surface area contributed by atoms with E-state index in [0.717, 1.165) is 0 Å². The summed E-state index contributed by atoms with van der Waals surface area (Å²) in [7, 11) is 0. The summed E-state index contributed by atoms with van der Waals surface area (Å²) in [6, 6.07) is 19.0. The van der Waals surface area contributed by atoms with Crippen molar-refractivity contribution in [2.24, 2.45) is 0 Å². The number of carbonyl (C=O) groups is 1. The normalized spacial score (nSPS) is 16.8. The summed E-state index contributed by atoms with van der Waals surface area (Å²) < 4.78 is 10.8. The second-order valence-corrected chi connectivity index (χ2v) is 7.02. The number of fused-ring (bicyclic) bond motifs is 2. The minimum absolute atomic E-state index is 0.00378. The molecule has 0 radical (unpaired) electrons. The first-order valence-electron chi connectivity index (χ1n) is 9.62. The van der Waals surface area contributed by atoms with E-state index in [2.05, 4.69) is 5.32 Å². The second-order valence-electron chi connectivity index (χ2n) is 7.02. The third-order valence-electron chi connectivity index (χ3n) is 5.18. The van der Waals surface area contributed by atoms with Gasteiger partial charge in [-0.05, 0) is 42.5 Å². The van der Waals surface area contributed by atoms with Gasteiger partial charge in [0.05, 0.1) is 21.7 Å². The smallest absolute Gasteiger partial charge is 0.276 e. The molecule has 3 aromatic carbocycles. The van der Waals surface area contributed by atoms with Crippen LogP contribution in [0.5, 0.6) is 11.5 Å². The fourth-order valence-electron chi connectivity index (χ4n) is 3.71. The molecule has 0 saturated heterocycles. The van der Waals surface area contributed by atoms with Crippen molar-refractivity contribution in [1.82, 2.24) is 0 Å². The molecule has 0 unspecified atom stereocenters. The molecule has 8 nitrogen and oxygen atoms in total. The summed E-state index contributed by atoms with van der Waals surface area (Å²) in [4.78, 5) is 25.9. The van der Waals surface area contributed by atoms with Crippen LogP contribution in [0, 0.1) is 10.1 Å². The highest BCUT2D eigenvalue weighted by atomic mass is 16.7. The van der Waals surface area contributed by atoms with Gasteiger partial charge in [-0.3, -0.25) is 19.8 Å². The predicted octanol–water partition coefficient (Wildman–Crippen LogP) is 4.44. The van der Waals surface area contributed by atoms with Gasteiger partial charge in [-0.1, -0.05) is 24.3 Å². The van der Waals surface area contributed by atoms with E-state index in [4.69, 9.17) is 9.47 Å². The summed E-state index contributed by atoms with van der Waals surface area (Å²) in [5, 5.41) is 14.7. The zero-order valence-electron chi connectivity index (χ0n) is 16.2.